The molecule has 1 unspecified atom stereocenters. The summed E-state index contributed by atoms with van der Waals surface area (Å²) < 4.78 is 26.2. The van der Waals surface area contributed by atoms with Crippen molar-refractivity contribution in [3.05, 3.63) is 51.0 Å². The van der Waals surface area contributed by atoms with Crippen molar-refractivity contribution in [1.29, 1.82) is 0 Å². The summed E-state index contributed by atoms with van der Waals surface area (Å²) in [6.07, 6.45) is -1.03. The molecule has 1 aromatic carbocycles. The molecule has 0 aliphatic carbocycles. The summed E-state index contributed by atoms with van der Waals surface area (Å²) >= 11 is 5.07. The van der Waals surface area contributed by atoms with E-state index in [4.69, 9.17) is 21.7 Å². The van der Waals surface area contributed by atoms with E-state index in [9.17, 15) is 14.0 Å². The molecule has 1 aliphatic rings. The lowest BCUT2D eigenvalue weighted by Crippen LogP contribution is -2.44. The number of hydrogen-bond acceptors (Lipinski definition) is 6. The number of halogens is 1. The first-order valence-electron chi connectivity index (χ1n) is 9.73. The van der Waals surface area contributed by atoms with Gasteiger partial charge in [-0.15, -0.1) is 0 Å². The number of benzene rings is 1. The van der Waals surface area contributed by atoms with Crippen LogP contribution in [0.4, 0.5) is 9.18 Å². The Hall–Kier alpha value is -3.05. The Morgan fingerprint density at radius 1 is 1.32 bits per heavy atom. The number of amides is 1. The fourth-order valence-electron chi connectivity index (χ4n) is 3.44. The van der Waals surface area contributed by atoms with Gasteiger partial charge in [0.15, 0.2) is 5.65 Å². The van der Waals surface area contributed by atoms with Gasteiger partial charge in [-0.1, -0.05) is 12.1 Å². The van der Waals surface area contributed by atoms with Gasteiger partial charge in [-0.05, 0) is 50.7 Å². The van der Waals surface area contributed by atoms with E-state index in [1.54, 1.807) is 37.8 Å². The van der Waals surface area contributed by atoms with Crippen molar-refractivity contribution in [2.75, 3.05) is 19.7 Å². The van der Waals surface area contributed by atoms with Crippen molar-refractivity contribution in [3.63, 3.8) is 0 Å². The van der Waals surface area contributed by atoms with Gasteiger partial charge in [0, 0.05) is 6.54 Å². The standard InChI is InChI=1S/C20H22FN5O4S/c1-20(2,3)30-19(28)25-8-9-29-13(10-25)15-14(11-4-6-12(21)7-5-11)16-22-17(31)23-18(27)26(16)24-15/h4-7,13,24H,8-10H2,1-3H3,(H,23,27,31). The molecule has 0 spiro atoms. The minimum absolute atomic E-state index is 0.0267. The van der Waals surface area contributed by atoms with E-state index >= 15 is 0 Å². The van der Waals surface area contributed by atoms with Crippen LogP contribution in [0.3, 0.4) is 0 Å². The molecule has 2 aromatic heterocycles. The summed E-state index contributed by atoms with van der Waals surface area (Å²) in [5.74, 6) is -0.391. The molecule has 4 rings (SSSR count). The number of nitrogens with zero attached hydrogens (tertiary/aromatic N) is 3. The van der Waals surface area contributed by atoms with Gasteiger partial charge in [-0.25, -0.2) is 14.0 Å². The van der Waals surface area contributed by atoms with E-state index in [1.807, 2.05) is 0 Å². The van der Waals surface area contributed by atoms with E-state index in [-0.39, 0.29) is 23.6 Å². The maximum atomic E-state index is 13.5. The van der Waals surface area contributed by atoms with Crippen molar-refractivity contribution in [2.24, 2.45) is 0 Å². The zero-order chi connectivity index (χ0) is 22.3. The molecule has 0 bridgehead atoms. The highest BCUT2D eigenvalue weighted by molar-refractivity contribution is 7.71. The van der Waals surface area contributed by atoms with Crippen LogP contribution in [0.15, 0.2) is 29.1 Å². The summed E-state index contributed by atoms with van der Waals surface area (Å²) in [6.45, 7) is 6.26. The van der Waals surface area contributed by atoms with Crippen molar-refractivity contribution in [1.82, 2.24) is 24.5 Å². The van der Waals surface area contributed by atoms with Crippen LogP contribution in [0, 0.1) is 10.6 Å². The number of aromatic nitrogens is 4. The van der Waals surface area contributed by atoms with Gasteiger partial charge in [0.05, 0.1) is 24.4 Å². The van der Waals surface area contributed by atoms with Crippen LogP contribution in [-0.4, -0.2) is 55.9 Å². The van der Waals surface area contributed by atoms with Crippen LogP contribution in [0.1, 0.15) is 32.6 Å². The Morgan fingerprint density at radius 2 is 2.03 bits per heavy atom. The molecule has 0 radical (unpaired) electrons. The Kier molecular flexibility index (Phi) is 5.40. The van der Waals surface area contributed by atoms with E-state index < -0.39 is 29.3 Å². The number of morpholine rings is 1. The minimum Gasteiger partial charge on any atom is -0.444 e. The van der Waals surface area contributed by atoms with Gasteiger partial charge in [0.2, 0.25) is 4.77 Å². The lowest BCUT2D eigenvalue weighted by Gasteiger charge is -2.34. The molecule has 11 heteroatoms. The van der Waals surface area contributed by atoms with Crippen molar-refractivity contribution in [3.8, 4) is 11.1 Å². The maximum Gasteiger partial charge on any atom is 0.410 e. The molecule has 1 saturated heterocycles. The predicted octanol–water partition coefficient (Wildman–Crippen LogP) is 3.19. The van der Waals surface area contributed by atoms with Crippen LogP contribution < -0.4 is 5.69 Å². The number of carbonyl (C=O) groups is 1. The lowest BCUT2D eigenvalue weighted by atomic mass is 10.0. The minimum atomic E-state index is -0.627. The first-order chi connectivity index (χ1) is 14.6. The fraction of sp³-hybridized carbons (Fsp3) is 0.400. The monoisotopic (exact) mass is 447 g/mol. The van der Waals surface area contributed by atoms with Crippen LogP contribution in [0.2, 0.25) is 0 Å². The first-order valence-corrected chi connectivity index (χ1v) is 10.1. The topological polar surface area (TPSA) is 105 Å². The molecular weight excluding hydrogens is 425 g/mol. The van der Waals surface area contributed by atoms with Gasteiger partial charge < -0.3 is 14.4 Å². The molecule has 3 aromatic rings. The van der Waals surface area contributed by atoms with Crippen LogP contribution in [0.25, 0.3) is 16.8 Å². The molecule has 1 atom stereocenters. The number of hydrogen-bond donors (Lipinski definition) is 2. The Labute approximate surface area is 181 Å². The number of carbonyl (C=O) groups excluding carboxylic acids is 1. The van der Waals surface area contributed by atoms with Gasteiger partial charge in [0.1, 0.15) is 17.5 Å². The quantitative estimate of drug-likeness (QED) is 0.585. The zero-order valence-electron chi connectivity index (χ0n) is 17.3. The highest BCUT2D eigenvalue weighted by atomic mass is 32.1. The number of ether oxygens (including phenoxy) is 2. The number of fused-ring (bicyclic) bond motifs is 1. The van der Waals surface area contributed by atoms with Crippen LogP contribution in [-0.2, 0) is 9.47 Å². The third-order valence-electron chi connectivity index (χ3n) is 4.73. The number of aromatic amines is 2. The largest absolute Gasteiger partial charge is 0.444 e. The summed E-state index contributed by atoms with van der Waals surface area (Å²) in [4.78, 5) is 33.3. The summed E-state index contributed by atoms with van der Waals surface area (Å²) in [5.41, 5.74) is 0.864. The van der Waals surface area contributed by atoms with Gasteiger partial charge >= 0.3 is 11.8 Å². The second-order valence-electron chi connectivity index (χ2n) is 8.20. The molecular formula is C20H22FN5O4S. The van der Waals surface area contributed by atoms with Gasteiger partial charge in [0.25, 0.3) is 0 Å². The summed E-state index contributed by atoms with van der Waals surface area (Å²) in [5, 5.41) is 3.02. The third-order valence-corrected chi connectivity index (χ3v) is 4.93. The predicted molar refractivity (Wildman–Crippen MR) is 113 cm³/mol. The number of rotatable bonds is 2. The third kappa shape index (κ3) is 4.37. The second-order valence-corrected chi connectivity index (χ2v) is 8.59. The van der Waals surface area contributed by atoms with Gasteiger partial charge in [-0.3, -0.25) is 10.1 Å². The molecule has 0 saturated carbocycles. The lowest BCUT2D eigenvalue weighted by molar-refractivity contribution is -0.0446. The summed E-state index contributed by atoms with van der Waals surface area (Å²) in [7, 11) is 0. The molecule has 164 valence electrons. The van der Waals surface area contributed by atoms with Crippen LogP contribution >= 0.6 is 12.2 Å². The SMILES string of the molecule is CC(C)(C)OC(=O)N1CCOC(c2[nH]n3c(=O)[nH]c(=S)nc3c2-c2ccc(F)cc2)C1. The Morgan fingerprint density at radius 3 is 2.71 bits per heavy atom. The van der Waals surface area contributed by atoms with E-state index in [0.29, 0.717) is 23.4 Å². The normalized spacial score (nSPS) is 17.2. The zero-order valence-corrected chi connectivity index (χ0v) is 18.1. The Balaban J connectivity index is 1.80. The molecule has 1 amide bonds. The average Bonchev–Trinajstić information content (AvgIpc) is 3.07. The molecule has 1 aliphatic heterocycles. The van der Waals surface area contributed by atoms with Crippen LogP contribution in [0.5, 0.6) is 0 Å². The maximum absolute atomic E-state index is 13.5. The Bertz CT molecular complexity index is 1240. The van der Waals surface area contributed by atoms with Crippen molar-refractivity contribution < 1.29 is 18.7 Å². The molecule has 31 heavy (non-hydrogen) atoms. The number of nitrogens with one attached hydrogen (secondary N) is 2. The summed E-state index contributed by atoms with van der Waals surface area (Å²) in [6, 6.07) is 5.81. The van der Waals surface area contributed by atoms with Crippen molar-refractivity contribution in [2.45, 2.75) is 32.5 Å². The second kappa shape index (κ2) is 7.89. The number of H-pyrrole nitrogens is 2. The molecule has 3 heterocycles. The highest BCUT2D eigenvalue weighted by Gasteiger charge is 2.32. The smallest absolute Gasteiger partial charge is 0.410 e. The van der Waals surface area contributed by atoms with E-state index in [1.165, 1.54) is 16.6 Å². The molecule has 1 fully saturated rings. The molecule has 9 nitrogen and oxygen atoms in total. The van der Waals surface area contributed by atoms with E-state index in [0.717, 1.165) is 0 Å². The van der Waals surface area contributed by atoms with Gasteiger partial charge in [-0.2, -0.15) is 9.50 Å². The van der Waals surface area contributed by atoms with Crippen molar-refractivity contribution >= 4 is 24.0 Å². The first kappa shape index (κ1) is 21.2. The van der Waals surface area contributed by atoms with E-state index in [2.05, 4.69) is 15.1 Å². The highest BCUT2D eigenvalue weighted by Crippen LogP contribution is 2.34. The molecule has 2 N–H and O–H groups in total. The average molecular weight is 447 g/mol. The fourth-order valence-corrected chi connectivity index (χ4v) is 3.61.